The predicted octanol–water partition coefficient (Wildman–Crippen LogP) is 3.99. The van der Waals surface area contributed by atoms with Gasteiger partial charge >= 0.3 is 5.97 Å². The fourth-order valence-corrected chi connectivity index (χ4v) is 2.03. The molecule has 0 aliphatic heterocycles. The molecule has 2 aromatic rings. The van der Waals surface area contributed by atoms with Crippen LogP contribution in [0.15, 0.2) is 30.3 Å². The largest absolute Gasteiger partial charge is 0.496 e. The Kier molecular flexibility index (Phi) is 3.90. The van der Waals surface area contributed by atoms with Crippen molar-refractivity contribution in [2.75, 3.05) is 7.11 Å². The van der Waals surface area contributed by atoms with Crippen molar-refractivity contribution in [1.82, 2.24) is 0 Å². The molecule has 0 unspecified atom stereocenters. The van der Waals surface area contributed by atoms with E-state index in [0.29, 0.717) is 5.75 Å². The zero-order valence-corrected chi connectivity index (χ0v) is 11.0. The highest BCUT2D eigenvalue weighted by Gasteiger charge is 2.16. The first-order valence-corrected chi connectivity index (χ1v) is 5.88. The summed E-state index contributed by atoms with van der Waals surface area (Å²) >= 11 is 5.89. The molecule has 0 aliphatic carbocycles. The zero-order valence-electron chi connectivity index (χ0n) is 10.3. The molecule has 0 saturated carbocycles. The number of ether oxygens (including phenoxy) is 1. The van der Waals surface area contributed by atoms with E-state index in [0.717, 1.165) is 12.1 Å². The maximum atomic E-state index is 13.3. The number of carbonyl (C=O) groups is 1. The van der Waals surface area contributed by atoms with E-state index in [2.05, 4.69) is 0 Å². The Labute approximate surface area is 118 Å². The lowest BCUT2D eigenvalue weighted by molar-refractivity contribution is 0.0697. The minimum atomic E-state index is -1.15. The normalized spacial score (nSPS) is 10.4. The molecule has 2 aromatic carbocycles. The van der Waals surface area contributed by atoms with Crippen molar-refractivity contribution in [2.24, 2.45) is 0 Å². The van der Waals surface area contributed by atoms with E-state index < -0.39 is 17.6 Å². The van der Waals surface area contributed by atoms with Crippen LogP contribution in [0, 0.1) is 11.6 Å². The zero-order chi connectivity index (χ0) is 14.9. The van der Waals surface area contributed by atoms with Crippen LogP contribution < -0.4 is 4.74 Å². The molecule has 3 nitrogen and oxygen atoms in total. The lowest BCUT2D eigenvalue weighted by atomic mass is 10.0. The summed E-state index contributed by atoms with van der Waals surface area (Å²) in [6.07, 6.45) is 0. The van der Waals surface area contributed by atoms with Crippen LogP contribution in [0.25, 0.3) is 11.1 Å². The number of hydrogen-bond donors (Lipinski definition) is 1. The number of rotatable bonds is 3. The second kappa shape index (κ2) is 5.46. The van der Waals surface area contributed by atoms with E-state index in [1.54, 1.807) is 0 Å². The van der Waals surface area contributed by atoms with Crippen LogP contribution in [0.5, 0.6) is 5.75 Å². The molecule has 6 heteroatoms. The summed E-state index contributed by atoms with van der Waals surface area (Å²) in [5.41, 5.74) is 0.420. The van der Waals surface area contributed by atoms with Gasteiger partial charge in [0.05, 0.1) is 17.7 Å². The molecule has 0 heterocycles. The van der Waals surface area contributed by atoms with Crippen LogP contribution in [0.2, 0.25) is 5.02 Å². The van der Waals surface area contributed by atoms with Crippen molar-refractivity contribution in [2.45, 2.75) is 0 Å². The number of aromatic carboxylic acids is 1. The fraction of sp³-hybridized carbons (Fsp3) is 0.0714. The average molecular weight is 299 g/mol. The van der Waals surface area contributed by atoms with Gasteiger partial charge in [0, 0.05) is 11.1 Å². The van der Waals surface area contributed by atoms with Gasteiger partial charge in [-0.05, 0) is 30.3 Å². The van der Waals surface area contributed by atoms with Crippen molar-refractivity contribution >= 4 is 17.6 Å². The Morgan fingerprint density at radius 1 is 1.15 bits per heavy atom. The summed E-state index contributed by atoms with van der Waals surface area (Å²) in [6, 6.07) is 5.80. The first kappa shape index (κ1) is 14.3. The van der Waals surface area contributed by atoms with Crippen molar-refractivity contribution in [1.29, 1.82) is 0 Å². The van der Waals surface area contributed by atoms with Gasteiger partial charge in [0.2, 0.25) is 0 Å². The monoisotopic (exact) mass is 298 g/mol. The fourth-order valence-electron chi connectivity index (χ4n) is 1.78. The SMILES string of the molecule is COc1ccc(C(=O)O)cc1-c1cc(F)c(F)cc1Cl. The third-order valence-electron chi connectivity index (χ3n) is 2.75. The number of carboxylic acids is 1. The first-order chi connectivity index (χ1) is 9.43. The van der Waals surface area contributed by atoms with Gasteiger partial charge in [-0.25, -0.2) is 13.6 Å². The smallest absolute Gasteiger partial charge is 0.335 e. The van der Waals surface area contributed by atoms with Crippen molar-refractivity contribution < 1.29 is 23.4 Å². The van der Waals surface area contributed by atoms with Gasteiger partial charge in [-0.1, -0.05) is 11.6 Å². The van der Waals surface area contributed by atoms with Crippen LogP contribution in [0.3, 0.4) is 0 Å². The van der Waals surface area contributed by atoms with Gasteiger partial charge in [0.25, 0.3) is 0 Å². The molecule has 0 bridgehead atoms. The maximum absolute atomic E-state index is 13.3. The third-order valence-corrected chi connectivity index (χ3v) is 3.06. The van der Waals surface area contributed by atoms with Crippen LogP contribution in [-0.2, 0) is 0 Å². The van der Waals surface area contributed by atoms with Gasteiger partial charge < -0.3 is 9.84 Å². The summed E-state index contributed by atoms with van der Waals surface area (Å²) in [5, 5.41) is 8.94. The average Bonchev–Trinajstić information content (AvgIpc) is 2.42. The minimum absolute atomic E-state index is 0.0124. The molecule has 0 aliphatic rings. The summed E-state index contributed by atoms with van der Waals surface area (Å²) in [4.78, 5) is 11.0. The molecule has 1 N–H and O–H groups in total. The second-order valence-corrected chi connectivity index (χ2v) is 4.37. The molecule has 0 radical (unpaired) electrons. The Balaban J connectivity index is 2.70. The lowest BCUT2D eigenvalue weighted by Crippen LogP contribution is -1.98. The topological polar surface area (TPSA) is 46.5 Å². The summed E-state index contributed by atoms with van der Waals surface area (Å²) < 4.78 is 31.5. The van der Waals surface area contributed by atoms with E-state index in [-0.39, 0.29) is 21.7 Å². The molecular formula is C14H9ClF2O3. The van der Waals surface area contributed by atoms with Crippen molar-refractivity contribution in [3.8, 4) is 16.9 Å². The Hall–Kier alpha value is -2.14. The van der Waals surface area contributed by atoms with Crippen LogP contribution in [0.1, 0.15) is 10.4 Å². The van der Waals surface area contributed by atoms with E-state index in [9.17, 15) is 13.6 Å². The van der Waals surface area contributed by atoms with Crippen LogP contribution in [0.4, 0.5) is 8.78 Å². The van der Waals surface area contributed by atoms with Gasteiger partial charge in [-0.3, -0.25) is 0 Å². The molecule has 0 amide bonds. The van der Waals surface area contributed by atoms with Gasteiger partial charge in [-0.2, -0.15) is 0 Å². The van der Waals surface area contributed by atoms with Crippen molar-refractivity contribution in [3.05, 3.63) is 52.6 Å². The highest BCUT2D eigenvalue weighted by Crippen LogP contribution is 2.36. The molecule has 20 heavy (non-hydrogen) atoms. The molecule has 104 valence electrons. The van der Waals surface area contributed by atoms with E-state index in [4.69, 9.17) is 21.4 Å². The van der Waals surface area contributed by atoms with Crippen LogP contribution in [-0.4, -0.2) is 18.2 Å². The van der Waals surface area contributed by atoms with Gasteiger partial charge in [0.15, 0.2) is 11.6 Å². The Bertz CT molecular complexity index is 686. The number of methoxy groups -OCH3 is 1. The molecule has 0 fully saturated rings. The minimum Gasteiger partial charge on any atom is -0.496 e. The van der Waals surface area contributed by atoms with E-state index >= 15 is 0 Å². The highest BCUT2D eigenvalue weighted by molar-refractivity contribution is 6.33. The van der Waals surface area contributed by atoms with Gasteiger partial charge in [-0.15, -0.1) is 0 Å². The number of hydrogen-bond acceptors (Lipinski definition) is 2. The summed E-state index contributed by atoms with van der Waals surface area (Å²) in [5.74, 6) is -2.99. The highest BCUT2D eigenvalue weighted by atomic mass is 35.5. The lowest BCUT2D eigenvalue weighted by Gasteiger charge is -2.11. The maximum Gasteiger partial charge on any atom is 0.335 e. The first-order valence-electron chi connectivity index (χ1n) is 5.50. The van der Waals surface area contributed by atoms with E-state index in [1.807, 2.05) is 0 Å². The molecule has 2 rings (SSSR count). The summed E-state index contributed by atoms with van der Waals surface area (Å²) in [7, 11) is 1.38. The standard InChI is InChI=1S/C14H9ClF2O3/c1-20-13-3-2-7(14(18)19)4-9(13)8-5-11(16)12(17)6-10(8)15/h2-6H,1H3,(H,18,19). The quantitative estimate of drug-likeness (QED) is 0.872. The second-order valence-electron chi connectivity index (χ2n) is 3.97. The number of carboxylic acid groups (broad SMARTS) is 1. The Morgan fingerprint density at radius 2 is 1.80 bits per heavy atom. The molecule has 0 spiro atoms. The molecule has 0 aromatic heterocycles. The van der Waals surface area contributed by atoms with Crippen molar-refractivity contribution in [3.63, 3.8) is 0 Å². The van der Waals surface area contributed by atoms with Gasteiger partial charge in [0.1, 0.15) is 5.75 Å². The number of benzene rings is 2. The summed E-state index contributed by atoms with van der Waals surface area (Å²) in [6.45, 7) is 0. The molecule has 0 saturated heterocycles. The third kappa shape index (κ3) is 2.58. The number of halogens is 3. The molecule has 0 atom stereocenters. The van der Waals surface area contributed by atoms with Crippen LogP contribution >= 0.6 is 11.6 Å². The predicted molar refractivity (Wildman–Crippen MR) is 70.3 cm³/mol. The van der Waals surface area contributed by atoms with E-state index in [1.165, 1.54) is 25.3 Å². The Morgan fingerprint density at radius 3 is 2.40 bits per heavy atom. The molecular weight excluding hydrogens is 290 g/mol.